The molecular formula is C31H28FN9O2. The summed E-state index contributed by atoms with van der Waals surface area (Å²) in [5, 5.41) is 24.6. The SMILES string of the molecule is Cn1cc(-c2cc(-c3ccc(N4C[C@@H]5NCC(CF)(NC(=O)OCc6ccccc6)[C@@H]54)nc3)c3c(C#N)cnn3c2)cn1. The van der Waals surface area contributed by atoms with Gasteiger partial charge in [0.1, 0.15) is 30.7 Å². The number of hydrogen-bond donors (Lipinski definition) is 2. The third kappa shape index (κ3) is 4.64. The molecule has 6 heterocycles. The summed E-state index contributed by atoms with van der Waals surface area (Å²) >= 11 is 0. The van der Waals surface area contributed by atoms with Crippen LogP contribution >= 0.6 is 0 Å². The van der Waals surface area contributed by atoms with Crippen LogP contribution in [-0.2, 0) is 18.4 Å². The topological polar surface area (TPSA) is 125 Å². The van der Waals surface area contributed by atoms with Gasteiger partial charge in [-0.1, -0.05) is 30.3 Å². The summed E-state index contributed by atoms with van der Waals surface area (Å²) in [5.41, 5.74) is 4.26. The van der Waals surface area contributed by atoms with Crippen LogP contribution in [-0.4, -0.2) is 67.9 Å². The van der Waals surface area contributed by atoms with E-state index < -0.39 is 18.3 Å². The summed E-state index contributed by atoms with van der Waals surface area (Å²) in [5.74, 6) is 0.666. The third-order valence-corrected chi connectivity index (χ3v) is 8.28. The molecule has 0 aliphatic carbocycles. The van der Waals surface area contributed by atoms with E-state index in [1.54, 1.807) is 27.8 Å². The highest BCUT2D eigenvalue weighted by Gasteiger charge is 2.59. The lowest BCUT2D eigenvalue weighted by Crippen LogP contribution is -2.72. The van der Waals surface area contributed by atoms with Gasteiger partial charge in [0.05, 0.1) is 29.5 Å². The Hall–Kier alpha value is -5.28. The molecule has 0 bridgehead atoms. The van der Waals surface area contributed by atoms with Crippen LogP contribution in [0.5, 0.6) is 0 Å². The van der Waals surface area contributed by atoms with Crippen molar-refractivity contribution in [3.8, 4) is 28.3 Å². The van der Waals surface area contributed by atoms with Crippen molar-refractivity contribution in [2.45, 2.75) is 24.2 Å². The highest BCUT2D eigenvalue weighted by Crippen LogP contribution is 2.38. The Labute approximate surface area is 246 Å². The Morgan fingerprint density at radius 3 is 2.72 bits per heavy atom. The summed E-state index contributed by atoms with van der Waals surface area (Å²) in [7, 11) is 1.86. The fourth-order valence-corrected chi connectivity index (χ4v) is 6.13. The Morgan fingerprint density at radius 1 is 1.14 bits per heavy atom. The molecule has 2 saturated heterocycles. The molecule has 0 saturated carbocycles. The third-order valence-electron chi connectivity index (χ3n) is 8.28. The highest BCUT2D eigenvalue weighted by molar-refractivity contribution is 5.87. The van der Waals surface area contributed by atoms with E-state index in [0.29, 0.717) is 23.4 Å². The first kappa shape index (κ1) is 26.6. The van der Waals surface area contributed by atoms with Crippen LogP contribution in [0.3, 0.4) is 0 Å². The number of amides is 1. The number of alkyl halides is 1. The number of anilines is 1. The van der Waals surface area contributed by atoms with Gasteiger partial charge in [-0.15, -0.1) is 0 Å². The molecule has 12 heteroatoms. The van der Waals surface area contributed by atoms with Crippen molar-refractivity contribution in [2.75, 3.05) is 24.7 Å². The number of carbonyl (C=O) groups excluding carboxylic acids is 1. The molecule has 2 aliphatic rings. The lowest BCUT2D eigenvalue weighted by Gasteiger charge is -2.50. The number of fused-ring (bicyclic) bond motifs is 2. The maximum absolute atomic E-state index is 14.7. The number of nitrogens with zero attached hydrogens (tertiary/aromatic N) is 7. The predicted molar refractivity (Wildman–Crippen MR) is 157 cm³/mol. The van der Waals surface area contributed by atoms with E-state index in [4.69, 9.17) is 9.72 Å². The van der Waals surface area contributed by atoms with Gasteiger partial charge in [0.15, 0.2) is 0 Å². The van der Waals surface area contributed by atoms with Gasteiger partial charge < -0.3 is 20.3 Å². The van der Waals surface area contributed by atoms with Gasteiger partial charge >= 0.3 is 6.09 Å². The number of ether oxygens (including phenoxy) is 1. The molecule has 0 radical (unpaired) electrons. The number of pyridine rings is 2. The Balaban J connectivity index is 1.14. The van der Waals surface area contributed by atoms with Crippen molar-refractivity contribution >= 4 is 17.4 Å². The first-order chi connectivity index (χ1) is 21.0. The van der Waals surface area contributed by atoms with Crippen molar-refractivity contribution in [3.05, 3.63) is 90.6 Å². The number of alkyl carbamates (subject to hydrolysis) is 1. The van der Waals surface area contributed by atoms with Crippen LogP contribution in [0.15, 0.2) is 79.5 Å². The minimum atomic E-state index is -1.15. The van der Waals surface area contributed by atoms with E-state index in [2.05, 4.69) is 26.9 Å². The van der Waals surface area contributed by atoms with Crippen molar-refractivity contribution in [3.63, 3.8) is 0 Å². The van der Waals surface area contributed by atoms with Gasteiger partial charge in [0.25, 0.3) is 0 Å². The molecule has 1 unspecified atom stereocenters. The Bertz CT molecular complexity index is 1850. The summed E-state index contributed by atoms with van der Waals surface area (Å²) in [6.07, 6.45) is 8.21. The van der Waals surface area contributed by atoms with Crippen molar-refractivity contribution in [2.24, 2.45) is 7.05 Å². The normalized spacial score (nSPS) is 20.8. The van der Waals surface area contributed by atoms with E-state index in [1.807, 2.05) is 72.9 Å². The smallest absolute Gasteiger partial charge is 0.408 e. The number of aromatic nitrogens is 5. The largest absolute Gasteiger partial charge is 0.445 e. The summed E-state index contributed by atoms with van der Waals surface area (Å²) < 4.78 is 23.5. The molecular weight excluding hydrogens is 549 g/mol. The highest BCUT2D eigenvalue weighted by atomic mass is 19.1. The van der Waals surface area contributed by atoms with Crippen LogP contribution < -0.4 is 15.5 Å². The average molecular weight is 578 g/mol. The number of halogens is 1. The van der Waals surface area contributed by atoms with Gasteiger partial charge in [-0.3, -0.25) is 4.68 Å². The molecule has 3 atom stereocenters. The quantitative estimate of drug-likeness (QED) is 0.301. The molecule has 7 rings (SSSR count). The molecule has 2 fully saturated rings. The van der Waals surface area contributed by atoms with Gasteiger partial charge in [-0.25, -0.2) is 18.7 Å². The van der Waals surface area contributed by atoms with Crippen LogP contribution in [0.1, 0.15) is 11.1 Å². The zero-order valence-electron chi connectivity index (χ0n) is 23.3. The number of nitrogens with one attached hydrogen (secondary N) is 2. The maximum Gasteiger partial charge on any atom is 0.408 e. The monoisotopic (exact) mass is 577 g/mol. The first-order valence-electron chi connectivity index (χ1n) is 13.9. The van der Waals surface area contributed by atoms with E-state index >= 15 is 0 Å². The van der Waals surface area contributed by atoms with E-state index in [1.165, 1.54) is 0 Å². The van der Waals surface area contributed by atoms with Crippen molar-refractivity contribution in [1.82, 2.24) is 35.0 Å². The molecule has 216 valence electrons. The average Bonchev–Trinajstić information content (AvgIpc) is 3.72. The fraction of sp³-hybridized carbons (Fsp3) is 0.258. The van der Waals surface area contributed by atoms with E-state index in [9.17, 15) is 14.4 Å². The molecule has 0 spiro atoms. The number of nitriles is 1. The van der Waals surface area contributed by atoms with Crippen LogP contribution in [0, 0.1) is 11.3 Å². The molecule has 1 aromatic carbocycles. The van der Waals surface area contributed by atoms with E-state index in [-0.39, 0.29) is 25.2 Å². The molecule has 2 aliphatic heterocycles. The zero-order chi connectivity index (χ0) is 29.6. The molecule has 5 aromatic rings. The van der Waals surface area contributed by atoms with Gasteiger partial charge in [-0.2, -0.15) is 15.5 Å². The number of carbonyl (C=O) groups is 1. The maximum atomic E-state index is 14.7. The predicted octanol–water partition coefficient (Wildman–Crippen LogP) is 3.46. The van der Waals surface area contributed by atoms with Crippen LogP contribution in [0.4, 0.5) is 15.0 Å². The fourth-order valence-electron chi connectivity index (χ4n) is 6.13. The van der Waals surface area contributed by atoms with Gasteiger partial charge in [-0.05, 0) is 23.8 Å². The summed E-state index contributed by atoms with van der Waals surface area (Å²) in [6.45, 7) is 0.253. The minimum Gasteiger partial charge on any atom is -0.445 e. The Morgan fingerprint density at radius 2 is 2.00 bits per heavy atom. The number of benzene rings is 1. The number of rotatable bonds is 7. The standard InChI is InChI=1S/C31H28FN9O2/c1-39-14-24(13-36-39)22-9-25(28-23(10-33)12-37-41(28)15-22)21-7-8-27(34-11-21)40-16-26-29(40)31(18-32,19-35-26)38-30(42)43-17-20-5-3-2-4-6-20/h2-9,11-15,26,29,35H,16-19H2,1H3,(H,38,42)/t26-,29+,31?/m0/s1. The summed E-state index contributed by atoms with van der Waals surface area (Å²) in [6, 6.07) is 17.1. The molecule has 11 nitrogen and oxygen atoms in total. The van der Waals surface area contributed by atoms with Gasteiger partial charge in [0, 0.05) is 67.0 Å². The second kappa shape index (κ2) is 10.5. The molecule has 4 aromatic heterocycles. The first-order valence-corrected chi connectivity index (χ1v) is 13.9. The second-order valence-electron chi connectivity index (χ2n) is 11.0. The van der Waals surface area contributed by atoms with Crippen molar-refractivity contribution in [1.29, 1.82) is 5.26 Å². The zero-order valence-corrected chi connectivity index (χ0v) is 23.3. The van der Waals surface area contributed by atoms with Gasteiger partial charge in [0.2, 0.25) is 0 Å². The molecule has 2 N–H and O–H groups in total. The second-order valence-corrected chi connectivity index (χ2v) is 11.0. The lowest BCUT2D eigenvalue weighted by molar-refractivity contribution is 0.115. The van der Waals surface area contributed by atoms with Crippen LogP contribution in [0.25, 0.3) is 27.8 Å². The number of aryl methyl sites for hydroxylation is 1. The van der Waals surface area contributed by atoms with E-state index in [0.717, 1.165) is 27.8 Å². The molecule has 1 amide bonds. The lowest BCUT2D eigenvalue weighted by atomic mass is 9.83. The molecule has 43 heavy (non-hydrogen) atoms. The van der Waals surface area contributed by atoms with Crippen LogP contribution in [0.2, 0.25) is 0 Å². The minimum absolute atomic E-state index is 0.00687. The number of hydrogen-bond acceptors (Lipinski definition) is 8. The Kier molecular flexibility index (Phi) is 6.51. The van der Waals surface area contributed by atoms with Crippen molar-refractivity contribution < 1.29 is 13.9 Å². The summed E-state index contributed by atoms with van der Waals surface area (Å²) in [4.78, 5) is 19.5.